The third kappa shape index (κ3) is 3.89. The highest BCUT2D eigenvalue weighted by atomic mass is 16.4. The predicted molar refractivity (Wildman–Crippen MR) is 72.3 cm³/mol. The van der Waals surface area contributed by atoms with Gasteiger partial charge in [-0.05, 0) is 6.42 Å². The number of rotatable bonds is 5. The zero-order valence-corrected chi connectivity index (χ0v) is 11.2. The fourth-order valence-electron chi connectivity index (χ4n) is 2.28. The molecule has 19 heavy (non-hydrogen) atoms. The van der Waals surface area contributed by atoms with Crippen LogP contribution in [0.5, 0.6) is 0 Å². The molecule has 6 nitrogen and oxygen atoms in total. The number of carbonyl (C=O) groups is 1. The van der Waals surface area contributed by atoms with Crippen LogP contribution in [0.1, 0.15) is 19.0 Å². The zero-order valence-electron chi connectivity index (χ0n) is 11.2. The van der Waals surface area contributed by atoms with Gasteiger partial charge in [0.25, 0.3) is 0 Å². The molecule has 1 fully saturated rings. The minimum Gasteiger partial charge on any atom is -0.480 e. The molecule has 104 valence electrons. The Morgan fingerprint density at radius 1 is 1.32 bits per heavy atom. The normalized spacial score (nSPS) is 16.6. The molecule has 1 aromatic heterocycles. The molecular weight excluding hydrogens is 244 g/mol. The number of piperazine rings is 1. The molecule has 2 heterocycles. The van der Waals surface area contributed by atoms with E-state index in [1.165, 1.54) is 0 Å². The second kappa shape index (κ2) is 6.47. The SMILES string of the molecule is CCCc1cc(N2CCN(CC(=O)O)CC2)ncn1. The van der Waals surface area contributed by atoms with Crippen LogP contribution in [-0.4, -0.2) is 58.7 Å². The molecule has 0 saturated carbocycles. The molecule has 1 N–H and O–H groups in total. The van der Waals surface area contributed by atoms with Gasteiger partial charge >= 0.3 is 5.97 Å². The van der Waals surface area contributed by atoms with E-state index in [0.717, 1.165) is 50.5 Å². The van der Waals surface area contributed by atoms with Crippen molar-refractivity contribution in [3.63, 3.8) is 0 Å². The molecule has 0 aromatic carbocycles. The summed E-state index contributed by atoms with van der Waals surface area (Å²) in [7, 11) is 0. The van der Waals surface area contributed by atoms with Crippen molar-refractivity contribution >= 4 is 11.8 Å². The lowest BCUT2D eigenvalue weighted by Gasteiger charge is -2.34. The van der Waals surface area contributed by atoms with Crippen LogP contribution in [0.15, 0.2) is 12.4 Å². The number of hydrogen-bond acceptors (Lipinski definition) is 5. The first-order valence-electron chi connectivity index (χ1n) is 6.69. The molecule has 1 saturated heterocycles. The molecule has 0 spiro atoms. The Hall–Kier alpha value is -1.69. The van der Waals surface area contributed by atoms with Crippen LogP contribution in [0.25, 0.3) is 0 Å². The monoisotopic (exact) mass is 264 g/mol. The van der Waals surface area contributed by atoms with E-state index in [0.29, 0.717) is 0 Å². The predicted octanol–water partition coefficient (Wildman–Crippen LogP) is 0.636. The van der Waals surface area contributed by atoms with Gasteiger partial charge in [0.05, 0.1) is 6.54 Å². The van der Waals surface area contributed by atoms with Crippen molar-refractivity contribution in [2.24, 2.45) is 0 Å². The molecular formula is C13H20N4O2. The summed E-state index contributed by atoms with van der Waals surface area (Å²) in [6.07, 6.45) is 3.65. The summed E-state index contributed by atoms with van der Waals surface area (Å²) in [6, 6.07) is 2.04. The maximum Gasteiger partial charge on any atom is 0.317 e. The van der Waals surface area contributed by atoms with Crippen LogP contribution >= 0.6 is 0 Å². The van der Waals surface area contributed by atoms with Crippen LogP contribution in [0.2, 0.25) is 0 Å². The summed E-state index contributed by atoms with van der Waals surface area (Å²) < 4.78 is 0. The fourth-order valence-corrected chi connectivity index (χ4v) is 2.28. The summed E-state index contributed by atoms with van der Waals surface area (Å²) in [4.78, 5) is 23.4. The van der Waals surface area contributed by atoms with E-state index >= 15 is 0 Å². The largest absolute Gasteiger partial charge is 0.480 e. The summed E-state index contributed by atoms with van der Waals surface area (Å²) in [5.41, 5.74) is 1.07. The minimum atomic E-state index is -0.763. The topological polar surface area (TPSA) is 69.6 Å². The van der Waals surface area contributed by atoms with Crippen LogP contribution in [0.3, 0.4) is 0 Å². The zero-order chi connectivity index (χ0) is 13.7. The Morgan fingerprint density at radius 3 is 2.68 bits per heavy atom. The van der Waals surface area contributed by atoms with E-state index in [1.54, 1.807) is 6.33 Å². The van der Waals surface area contributed by atoms with Gasteiger partial charge in [0, 0.05) is 37.9 Å². The molecule has 0 amide bonds. The maximum atomic E-state index is 10.7. The summed E-state index contributed by atoms with van der Waals surface area (Å²) in [5, 5.41) is 8.77. The first kappa shape index (κ1) is 13.7. The summed E-state index contributed by atoms with van der Waals surface area (Å²) in [6.45, 7) is 5.41. The van der Waals surface area contributed by atoms with Gasteiger partial charge in [-0.3, -0.25) is 9.69 Å². The molecule has 0 unspecified atom stereocenters. The Kier molecular flexibility index (Phi) is 4.68. The smallest absolute Gasteiger partial charge is 0.317 e. The van der Waals surface area contributed by atoms with Crippen molar-refractivity contribution in [2.75, 3.05) is 37.6 Å². The minimum absolute atomic E-state index is 0.124. The van der Waals surface area contributed by atoms with Crippen molar-refractivity contribution in [3.8, 4) is 0 Å². The van der Waals surface area contributed by atoms with E-state index in [2.05, 4.69) is 21.8 Å². The van der Waals surface area contributed by atoms with Crippen molar-refractivity contribution in [1.82, 2.24) is 14.9 Å². The van der Waals surface area contributed by atoms with Gasteiger partial charge in [-0.1, -0.05) is 13.3 Å². The van der Waals surface area contributed by atoms with Gasteiger partial charge < -0.3 is 10.0 Å². The van der Waals surface area contributed by atoms with Gasteiger partial charge in [0.2, 0.25) is 0 Å². The number of anilines is 1. The van der Waals surface area contributed by atoms with Crippen molar-refractivity contribution < 1.29 is 9.90 Å². The average molecular weight is 264 g/mol. The highest BCUT2D eigenvalue weighted by Gasteiger charge is 2.19. The number of aryl methyl sites for hydroxylation is 1. The lowest BCUT2D eigenvalue weighted by atomic mass is 10.2. The number of aromatic nitrogens is 2. The second-order valence-corrected chi connectivity index (χ2v) is 4.77. The molecule has 0 atom stereocenters. The number of aliphatic carboxylic acids is 1. The van der Waals surface area contributed by atoms with Crippen molar-refractivity contribution in [3.05, 3.63) is 18.1 Å². The second-order valence-electron chi connectivity index (χ2n) is 4.77. The Morgan fingerprint density at radius 2 is 2.05 bits per heavy atom. The number of carboxylic acids is 1. The number of carboxylic acid groups (broad SMARTS) is 1. The number of nitrogens with zero attached hydrogens (tertiary/aromatic N) is 4. The first-order chi connectivity index (χ1) is 9.19. The van der Waals surface area contributed by atoms with Crippen LogP contribution < -0.4 is 4.90 Å². The molecule has 0 aliphatic carbocycles. The Labute approximate surface area is 113 Å². The lowest BCUT2D eigenvalue weighted by molar-refractivity contribution is -0.138. The van der Waals surface area contributed by atoms with Gasteiger partial charge in [-0.2, -0.15) is 0 Å². The maximum absolute atomic E-state index is 10.7. The van der Waals surface area contributed by atoms with Crippen molar-refractivity contribution in [1.29, 1.82) is 0 Å². The third-order valence-corrected chi connectivity index (χ3v) is 3.27. The molecule has 1 aliphatic rings. The van der Waals surface area contributed by atoms with E-state index in [-0.39, 0.29) is 6.54 Å². The molecule has 1 aromatic rings. The average Bonchev–Trinajstić information content (AvgIpc) is 2.40. The molecule has 2 rings (SSSR count). The molecule has 0 radical (unpaired) electrons. The first-order valence-corrected chi connectivity index (χ1v) is 6.69. The van der Waals surface area contributed by atoms with Gasteiger partial charge in [-0.15, -0.1) is 0 Å². The van der Waals surface area contributed by atoms with E-state index < -0.39 is 5.97 Å². The van der Waals surface area contributed by atoms with E-state index in [9.17, 15) is 4.79 Å². The van der Waals surface area contributed by atoms with Gasteiger partial charge in [0.1, 0.15) is 12.1 Å². The fraction of sp³-hybridized carbons (Fsp3) is 0.615. The van der Waals surface area contributed by atoms with E-state index in [4.69, 9.17) is 5.11 Å². The van der Waals surface area contributed by atoms with Crippen molar-refractivity contribution in [2.45, 2.75) is 19.8 Å². The van der Waals surface area contributed by atoms with Crippen LogP contribution in [0, 0.1) is 0 Å². The molecule has 0 bridgehead atoms. The standard InChI is InChI=1S/C13H20N4O2/c1-2-3-11-8-12(15-10-14-11)17-6-4-16(5-7-17)9-13(18)19/h8,10H,2-7,9H2,1H3,(H,18,19). The third-order valence-electron chi connectivity index (χ3n) is 3.27. The molecule has 6 heteroatoms. The highest BCUT2D eigenvalue weighted by Crippen LogP contribution is 2.14. The van der Waals surface area contributed by atoms with Gasteiger partial charge in [0.15, 0.2) is 0 Å². The van der Waals surface area contributed by atoms with Crippen LogP contribution in [-0.2, 0) is 11.2 Å². The number of hydrogen-bond donors (Lipinski definition) is 1. The van der Waals surface area contributed by atoms with Gasteiger partial charge in [-0.25, -0.2) is 9.97 Å². The molecule has 1 aliphatic heterocycles. The van der Waals surface area contributed by atoms with E-state index in [1.807, 2.05) is 11.0 Å². The summed E-state index contributed by atoms with van der Waals surface area (Å²) in [5.74, 6) is 0.189. The lowest BCUT2D eigenvalue weighted by Crippen LogP contribution is -2.48. The Bertz CT molecular complexity index is 430. The van der Waals surface area contributed by atoms with Crippen LogP contribution in [0.4, 0.5) is 5.82 Å². The highest BCUT2D eigenvalue weighted by molar-refractivity contribution is 5.69. The summed E-state index contributed by atoms with van der Waals surface area (Å²) >= 11 is 0. The quantitative estimate of drug-likeness (QED) is 0.841. The Balaban J connectivity index is 1.93.